The Morgan fingerprint density at radius 1 is 1.21 bits per heavy atom. The van der Waals surface area contributed by atoms with Crippen LogP contribution in [0.3, 0.4) is 0 Å². The number of carbonyl (C=O) groups excluding carboxylic acids is 1. The van der Waals surface area contributed by atoms with E-state index in [-0.39, 0.29) is 5.91 Å². The molecule has 2 aromatic rings. The van der Waals surface area contributed by atoms with Gasteiger partial charge >= 0.3 is 0 Å². The number of hydrogen-bond acceptors (Lipinski definition) is 2. The normalized spacial score (nSPS) is 10.9. The van der Waals surface area contributed by atoms with Crippen LogP contribution < -0.4 is 0 Å². The number of benzene rings is 1. The van der Waals surface area contributed by atoms with Gasteiger partial charge in [-0.2, -0.15) is 0 Å². The second-order valence-corrected chi connectivity index (χ2v) is 6.17. The highest BCUT2D eigenvalue weighted by molar-refractivity contribution is 7.19. The maximum atomic E-state index is 11.7. The van der Waals surface area contributed by atoms with Crippen molar-refractivity contribution in [2.45, 2.75) is 32.6 Å². The van der Waals surface area contributed by atoms with E-state index in [1.54, 1.807) is 4.90 Å². The second kappa shape index (κ2) is 6.20. The molecule has 0 N–H and O–H groups in total. The van der Waals surface area contributed by atoms with Crippen LogP contribution in [0.4, 0.5) is 0 Å². The molecule has 0 spiro atoms. The van der Waals surface area contributed by atoms with Crippen LogP contribution in [0.1, 0.15) is 30.2 Å². The summed E-state index contributed by atoms with van der Waals surface area (Å²) in [6, 6.07) is 8.57. The Morgan fingerprint density at radius 2 is 1.95 bits per heavy atom. The van der Waals surface area contributed by atoms with E-state index >= 15 is 0 Å². The fourth-order valence-electron chi connectivity index (χ4n) is 2.32. The summed E-state index contributed by atoms with van der Waals surface area (Å²) in [5.74, 6) is 0.208. The Balaban J connectivity index is 2.26. The zero-order chi connectivity index (χ0) is 13.8. The Bertz CT molecular complexity index is 571. The molecule has 1 amide bonds. The molecule has 0 unspecified atom stereocenters. The SMILES string of the molecule is CCCc1c(CCC(=O)N(C)C)sc2ccccc12. The maximum absolute atomic E-state index is 11.7. The number of fused-ring (bicyclic) bond motifs is 1. The van der Waals surface area contributed by atoms with E-state index in [4.69, 9.17) is 0 Å². The Morgan fingerprint density at radius 3 is 2.63 bits per heavy atom. The number of aryl methyl sites for hydroxylation is 2. The molecule has 0 fully saturated rings. The van der Waals surface area contributed by atoms with Crippen LogP contribution in [0.2, 0.25) is 0 Å². The van der Waals surface area contributed by atoms with Crippen LogP contribution in [0.5, 0.6) is 0 Å². The molecule has 0 atom stereocenters. The lowest BCUT2D eigenvalue weighted by atomic mass is 10.0. The van der Waals surface area contributed by atoms with Crippen molar-refractivity contribution >= 4 is 27.3 Å². The van der Waals surface area contributed by atoms with E-state index in [1.165, 1.54) is 20.5 Å². The lowest BCUT2D eigenvalue weighted by Crippen LogP contribution is -2.21. The number of thiophene rings is 1. The summed E-state index contributed by atoms with van der Waals surface area (Å²) in [7, 11) is 3.64. The van der Waals surface area contributed by atoms with Gasteiger partial charge in [0.2, 0.25) is 5.91 Å². The first-order valence-corrected chi connectivity index (χ1v) is 7.64. The monoisotopic (exact) mass is 275 g/mol. The smallest absolute Gasteiger partial charge is 0.222 e. The highest BCUT2D eigenvalue weighted by atomic mass is 32.1. The quantitative estimate of drug-likeness (QED) is 0.811. The van der Waals surface area contributed by atoms with Gasteiger partial charge in [-0.1, -0.05) is 31.5 Å². The summed E-state index contributed by atoms with van der Waals surface area (Å²) in [4.78, 5) is 14.8. The molecule has 0 aliphatic heterocycles. The molecule has 0 saturated carbocycles. The lowest BCUT2D eigenvalue weighted by molar-refractivity contribution is -0.128. The third-order valence-corrected chi connectivity index (χ3v) is 4.62. The van der Waals surface area contributed by atoms with Crippen molar-refractivity contribution in [1.82, 2.24) is 4.90 Å². The summed E-state index contributed by atoms with van der Waals surface area (Å²) in [6.07, 6.45) is 3.73. The van der Waals surface area contributed by atoms with Crippen LogP contribution in [-0.2, 0) is 17.6 Å². The third kappa shape index (κ3) is 3.16. The molecule has 0 bridgehead atoms. The van der Waals surface area contributed by atoms with Gasteiger partial charge in [0.1, 0.15) is 0 Å². The van der Waals surface area contributed by atoms with Gasteiger partial charge in [0.15, 0.2) is 0 Å². The molecule has 102 valence electrons. The molecule has 0 saturated heterocycles. The fraction of sp³-hybridized carbons (Fsp3) is 0.438. The number of rotatable bonds is 5. The highest BCUT2D eigenvalue weighted by Crippen LogP contribution is 2.33. The Labute approximate surface area is 119 Å². The molecule has 0 radical (unpaired) electrons. The molecule has 2 nitrogen and oxygen atoms in total. The predicted octanol–water partition coefficient (Wildman–Crippen LogP) is 3.87. The molecule has 2 rings (SSSR count). The van der Waals surface area contributed by atoms with Crippen molar-refractivity contribution in [1.29, 1.82) is 0 Å². The first kappa shape index (κ1) is 14.1. The molecular weight excluding hydrogens is 254 g/mol. The standard InChI is InChI=1S/C16H21NOS/c1-4-7-12-13-8-5-6-9-14(13)19-15(12)10-11-16(18)17(2)3/h5-6,8-9H,4,7,10-11H2,1-3H3. The first-order chi connectivity index (χ1) is 9.13. The van der Waals surface area contributed by atoms with Crippen LogP contribution in [0, 0.1) is 0 Å². The predicted molar refractivity (Wildman–Crippen MR) is 82.8 cm³/mol. The van der Waals surface area contributed by atoms with Crippen LogP contribution in [0.15, 0.2) is 24.3 Å². The van der Waals surface area contributed by atoms with E-state index in [1.807, 2.05) is 25.4 Å². The Kier molecular flexibility index (Phi) is 4.59. The fourth-order valence-corrected chi connectivity index (χ4v) is 3.57. The number of nitrogens with zero attached hydrogens (tertiary/aromatic N) is 1. The van der Waals surface area contributed by atoms with Crippen LogP contribution in [0.25, 0.3) is 10.1 Å². The maximum Gasteiger partial charge on any atom is 0.222 e. The first-order valence-electron chi connectivity index (χ1n) is 6.83. The minimum Gasteiger partial charge on any atom is -0.349 e. The van der Waals surface area contributed by atoms with Crippen molar-refractivity contribution in [3.8, 4) is 0 Å². The van der Waals surface area contributed by atoms with E-state index in [9.17, 15) is 4.79 Å². The van der Waals surface area contributed by atoms with Gasteiger partial charge in [-0.3, -0.25) is 4.79 Å². The molecule has 3 heteroatoms. The van der Waals surface area contributed by atoms with Crippen molar-refractivity contribution in [3.63, 3.8) is 0 Å². The molecular formula is C16H21NOS. The van der Waals surface area contributed by atoms with Gasteiger partial charge in [-0.05, 0) is 29.9 Å². The molecule has 1 aromatic heterocycles. The third-order valence-electron chi connectivity index (χ3n) is 3.35. The van der Waals surface area contributed by atoms with Crippen molar-refractivity contribution in [2.75, 3.05) is 14.1 Å². The minimum atomic E-state index is 0.208. The highest BCUT2D eigenvalue weighted by Gasteiger charge is 2.13. The average molecular weight is 275 g/mol. The second-order valence-electron chi connectivity index (χ2n) is 5.04. The van der Waals surface area contributed by atoms with Gasteiger partial charge in [-0.25, -0.2) is 0 Å². The van der Waals surface area contributed by atoms with E-state index in [0.717, 1.165) is 19.3 Å². The van der Waals surface area contributed by atoms with Crippen LogP contribution >= 0.6 is 11.3 Å². The summed E-state index contributed by atoms with van der Waals surface area (Å²) >= 11 is 1.85. The number of hydrogen-bond donors (Lipinski definition) is 0. The number of amides is 1. The van der Waals surface area contributed by atoms with Crippen molar-refractivity contribution in [2.24, 2.45) is 0 Å². The Hall–Kier alpha value is -1.35. The molecule has 1 aromatic carbocycles. The van der Waals surface area contributed by atoms with Gasteiger partial charge < -0.3 is 4.90 Å². The van der Waals surface area contributed by atoms with Crippen molar-refractivity contribution < 1.29 is 4.79 Å². The summed E-state index contributed by atoms with van der Waals surface area (Å²) in [5.41, 5.74) is 1.45. The van der Waals surface area contributed by atoms with Gasteiger partial charge in [0, 0.05) is 30.1 Å². The molecule has 1 heterocycles. The van der Waals surface area contributed by atoms with Gasteiger partial charge in [0.25, 0.3) is 0 Å². The zero-order valence-corrected chi connectivity index (χ0v) is 12.7. The number of carbonyl (C=O) groups is 1. The summed E-state index contributed by atoms with van der Waals surface area (Å²) < 4.78 is 1.35. The van der Waals surface area contributed by atoms with E-state index in [0.29, 0.717) is 6.42 Å². The molecule has 0 aliphatic carbocycles. The van der Waals surface area contributed by atoms with Crippen LogP contribution in [-0.4, -0.2) is 24.9 Å². The average Bonchev–Trinajstić information content (AvgIpc) is 2.75. The minimum absolute atomic E-state index is 0.208. The van der Waals surface area contributed by atoms with Gasteiger partial charge in [0.05, 0.1) is 0 Å². The largest absolute Gasteiger partial charge is 0.349 e. The van der Waals surface area contributed by atoms with Gasteiger partial charge in [-0.15, -0.1) is 11.3 Å². The van der Waals surface area contributed by atoms with E-state index < -0.39 is 0 Å². The zero-order valence-electron chi connectivity index (χ0n) is 11.9. The molecule has 0 aliphatic rings. The molecule has 19 heavy (non-hydrogen) atoms. The lowest BCUT2D eigenvalue weighted by Gasteiger charge is -2.10. The summed E-state index contributed by atoms with van der Waals surface area (Å²) in [6.45, 7) is 2.21. The van der Waals surface area contributed by atoms with E-state index in [2.05, 4.69) is 31.2 Å². The topological polar surface area (TPSA) is 20.3 Å². The summed E-state index contributed by atoms with van der Waals surface area (Å²) in [5, 5.41) is 1.38. The van der Waals surface area contributed by atoms with Crippen molar-refractivity contribution in [3.05, 3.63) is 34.7 Å².